The monoisotopic (exact) mass is 330 g/mol. The molecule has 0 aliphatic heterocycles. The van der Waals surface area contributed by atoms with Gasteiger partial charge in [-0.05, 0) is 51.4 Å². The lowest BCUT2D eigenvalue weighted by atomic mass is 10.1. The molecule has 0 aliphatic rings. The molecule has 1 aromatic rings. The Morgan fingerprint density at radius 1 is 0.917 bits per heavy atom. The molecule has 0 amide bonds. The Balaban J connectivity index is 1.91. The zero-order valence-electron chi connectivity index (χ0n) is 15.2. The second-order valence-electron chi connectivity index (χ2n) is 6.16. The first-order chi connectivity index (χ1) is 11.8. The summed E-state index contributed by atoms with van der Waals surface area (Å²) in [5.74, 6) is 0. The number of aliphatic hydroxyl groups excluding tert-OH is 1. The number of nitrogens with zero attached hydrogens (tertiary/aromatic N) is 2. The molecule has 1 rings (SSSR count). The van der Waals surface area contributed by atoms with Crippen LogP contribution in [0.25, 0.3) is 0 Å². The van der Waals surface area contributed by atoms with Crippen LogP contribution in [0.5, 0.6) is 0 Å². The van der Waals surface area contributed by atoms with Gasteiger partial charge in [0, 0.05) is 12.4 Å². The highest BCUT2D eigenvalue weighted by atomic mass is 16.3. The number of allylic oxidation sites excluding steroid dienone is 6. The van der Waals surface area contributed by atoms with Gasteiger partial charge < -0.3 is 9.67 Å². The minimum Gasteiger partial charge on any atom is -0.373 e. The van der Waals surface area contributed by atoms with Crippen molar-refractivity contribution >= 4 is 0 Å². The van der Waals surface area contributed by atoms with E-state index in [-0.39, 0.29) is 0 Å². The van der Waals surface area contributed by atoms with Crippen LogP contribution in [-0.2, 0) is 0 Å². The highest BCUT2D eigenvalue weighted by Crippen LogP contribution is 2.12. The third-order valence-corrected chi connectivity index (χ3v) is 3.97. The van der Waals surface area contributed by atoms with Crippen molar-refractivity contribution in [1.29, 1.82) is 0 Å². The maximum atomic E-state index is 9.90. The van der Waals surface area contributed by atoms with Gasteiger partial charge in [-0.15, -0.1) is 0 Å². The molecule has 3 heteroatoms. The Labute approximate surface area is 147 Å². The molecule has 0 radical (unpaired) electrons. The fourth-order valence-corrected chi connectivity index (χ4v) is 2.47. The van der Waals surface area contributed by atoms with Crippen molar-refractivity contribution in [1.82, 2.24) is 9.55 Å². The summed E-state index contributed by atoms with van der Waals surface area (Å²) < 4.78 is 1.75. The summed E-state index contributed by atoms with van der Waals surface area (Å²) in [5.41, 5.74) is 0. The molecule has 3 nitrogen and oxygen atoms in total. The number of hydrogen-bond acceptors (Lipinski definition) is 2. The molecule has 0 fully saturated rings. The highest BCUT2D eigenvalue weighted by molar-refractivity contribution is 4.97. The molecule has 0 saturated heterocycles. The molecule has 0 bridgehead atoms. The number of unbranched alkanes of at least 4 members (excludes halogenated alkanes) is 5. The third-order valence-electron chi connectivity index (χ3n) is 3.97. The fraction of sp³-hybridized carbons (Fsp3) is 0.571. The van der Waals surface area contributed by atoms with Crippen LogP contribution in [-0.4, -0.2) is 14.7 Å². The Morgan fingerprint density at radius 3 is 2.12 bits per heavy atom. The van der Waals surface area contributed by atoms with Crippen LogP contribution in [0.1, 0.15) is 77.4 Å². The van der Waals surface area contributed by atoms with Crippen LogP contribution in [0.3, 0.4) is 0 Å². The Morgan fingerprint density at radius 2 is 1.54 bits per heavy atom. The van der Waals surface area contributed by atoms with Crippen LogP contribution >= 0.6 is 0 Å². The fourth-order valence-electron chi connectivity index (χ4n) is 2.47. The molecule has 134 valence electrons. The molecule has 0 aliphatic carbocycles. The molecule has 1 aromatic heterocycles. The molecule has 1 N–H and O–H groups in total. The first-order valence-electron chi connectivity index (χ1n) is 9.45. The normalized spacial score (nSPS) is 13.6. The molecule has 0 saturated carbocycles. The summed E-state index contributed by atoms with van der Waals surface area (Å²) in [7, 11) is 0. The number of aromatic nitrogens is 2. The van der Waals surface area contributed by atoms with Crippen molar-refractivity contribution in [3.8, 4) is 0 Å². The maximum Gasteiger partial charge on any atom is 0.131 e. The lowest BCUT2D eigenvalue weighted by Gasteiger charge is -2.10. The average molecular weight is 331 g/mol. The number of rotatable bonds is 14. The quantitative estimate of drug-likeness (QED) is 0.337. The van der Waals surface area contributed by atoms with E-state index in [0.29, 0.717) is 0 Å². The molecule has 1 atom stereocenters. The standard InChI is InChI=1S/C21H34N2O/c1-2-3-4-5-6-7-8-9-10-11-12-13-14-15-16-17-21(24)23-19-18-22-20-23/h6-7,9-10,12-13,18-21,24H,2-5,8,11,14-17H2,1H3/b7-6-,10-9-,13-12-. The van der Waals surface area contributed by atoms with Gasteiger partial charge in [0.25, 0.3) is 0 Å². The minimum atomic E-state index is -0.436. The molecule has 1 heterocycles. The Kier molecular flexibility index (Phi) is 12.7. The van der Waals surface area contributed by atoms with Gasteiger partial charge in [-0.3, -0.25) is 0 Å². The second kappa shape index (κ2) is 14.9. The SMILES string of the molecule is CCCCC/C=C\C/C=C\C/C=C\CCCCC(O)n1ccnc1. The maximum absolute atomic E-state index is 9.90. The van der Waals surface area contributed by atoms with Gasteiger partial charge in [-0.1, -0.05) is 56.2 Å². The Bertz CT molecular complexity index is 460. The predicted molar refractivity (Wildman–Crippen MR) is 103 cm³/mol. The molecular weight excluding hydrogens is 296 g/mol. The predicted octanol–water partition coefficient (Wildman–Crippen LogP) is 5.96. The highest BCUT2D eigenvalue weighted by Gasteiger charge is 2.03. The van der Waals surface area contributed by atoms with E-state index in [9.17, 15) is 5.11 Å². The van der Waals surface area contributed by atoms with Crippen LogP contribution in [0, 0.1) is 0 Å². The second-order valence-corrected chi connectivity index (χ2v) is 6.16. The van der Waals surface area contributed by atoms with Gasteiger partial charge in [0.05, 0.1) is 6.33 Å². The van der Waals surface area contributed by atoms with Gasteiger partial charge in [0.15, 0.2) is 0 Å². The van der Waals surface area contributed by atoms with Crippen molar-refractivity contribution in [3.05, 3.63) is 55.2 Å². The largest absolute Gasteiger partial charge is 0.373 e. The van der Waals surface area contributed by atoms with Gasteiger partial charge in [0.1, 0.15) is 6.23 Å². The smallest absolute Gasteiger partial charge is 0.131 e. The summed E-state index contributed by atoms with van der Waals surface area (Å²) in [6, 6.07) is 0. The summed E-state index contributed by atoms with van der Waals surface area (Å²) in [6.07, 6.45) is 29.5. The molecule has 24 heavy (non-hydrogen) atoms. The molecule has 1 unspecified atom stereocenters. The van der Waals surface area contributed by atoms with Gasteiger partial charge in [-0.2, -0.15) is 0 Å². The van der Waals surface area contributed by atoms with E-state index in [4.69, 9.17) is 0 Å². The Hall–Kier alpha value is -1.61. The zero-order chi connectivity index (χ0) is 17.3. The van der Waals surface area contributed by atoms with Crippen LogP contribution < -0.4 is 0 Å². The van der Waals surface area contributed by atoms with Crippen molar-refractivity contribution < 1.29 is 5.11 Å². The van der Waals surface area contributed by atoms with Crippen LogP contribution in [0.2, 0.25) is 0 Å². The molecular formula is C21H34N2O. The number of aliphatic hydroxyl groups is 1. The first-order valence-corrected chi connectivity index (χ1v) is 9.45. The van der Waals surface area contributed by atoms with E-state index >= 15 is 0 Å². The summed E-state index contributed by atoms with van der Waals surface area (Å²) in [5, 5.41) is 9.90. The number of imidazole rings is 1. The summed E-state index contributed by atoms with van der Waals surface area (Å²) in [6.45, 7) is 2.24. The topological polar surface area (TPSA) is 38.0 Å². The van der Waals surface area contributed by atoms with E-state index in [2.05, 4.69) is 48.4 Å². The van der Waals surface area contributed by atoms with Gasteiger partial charge >= 0.3 is 0 Å². The van der Waals surface area contributed by atoms with E-state index in [0.717, 1.165) is 38.5 Å². The summed E-state index contributed by atoms with van der Waals surface area (Å²) >= 11 is 0. The average Bonchev–Trinajstić information content (AvgIpc) is 3.13. The van der Waals surface area contributed by atoms with Crippen molar-refractivity contribution in [3.63, 3.8) is 0 Å². The molecule has 0 aromatic carbocycles. The van der Waals surface area contributed by atoms with Crippen molar-refractivity contribution in [2.45, 2.75) is 77.4 Å². The molecule has 0 spiro atoms. The van der Waals surface area contributed by atoms with E-state index in [1.807, 2.05) is 0 Å². The zero-order valence-corrected chi connectivity index (χ0v) is 15.2. The van der Waals surface area contributed by atoms with Gasteiger partial charge in [0.2, 0.25) is 0 Å². The third kappa shape index (κ3) is 11.0. The minimum absolute atomic E-state index is 0.436. The number of hydrogen-bond donors (Lipinski definition) is 1. The van der Waals surface area contributed by atoms with E-state index in [1.54, 1.807) is 23.3 Å². The van der Waals surface area contributed by atoms with E-state index in [1.165, 1.54) is 25.7 Å². The lowest BCUT2D eigenvalue weighted by molar-refractivity contribution is 0.0915. The van der Waals surface area contributed by atoms with Crippen LogP contribution in [0.4, 0.5) is 0 Å². The van der Waals surface area contributed by atoms with Gasteiger partial charge in [-0.25, -0.2) is 4.98 Å². The van der Waals surface area contributed by atoms with Crippen molar-refractivity contribution in [2.75, 3.05) is 0 Å². The first kappa shape index (κ1) is 20.4. The van der Waals surface area contributed by atoms with E-state index < -0.39 is 6.23 Å². The lowest BCUT2D eigenvalue weighted by Crippen LogP contribution is -2.05. The summed E-state index contributed by atoms with van der Waals surface area (Å²) in [4.78, 5) is 3.95. The van der Waals surface area contributed by atoms with Crippen molar-refractivity contribution in [2.24, 2.45) is 0 Å². The van der Waals surface area contributed by atoms with Crippen LogP contribution in [0.15, 0.2) is 55.2 Å².